The van der Waals surface area contributed by atoms with E-state index in [1.807, 2.05) is 0 Å². The van der Waals surface area contributed by atoms with E-state index in [4.69, 9.17) is 0 Å². The molecule has 0 bridgehead atoms. The number of rotatable bonds is 12. The van der Waals surface area contributed by atoms with Gasteiger partial charge < -0.3 is 41.3 Å². The summed E-state index contributed by atoms with van der Waals surface area (Å²) in [5.74, 6) is -3.85. The molecular weight excluding hydrogens is 706 g/mol. The molecule has 2 heterocycles. The van der Waals surface area contributed by atoms with Crippen molar-refractivity contribution in [1.82, 2.24) is 10.6 Å². The molecule has 0 saturated heterocycles. The molecule has 4 rings (SSSR count). The van der Waals surface area contributed by atoms with Crippen molar-refractivity contribution in [2.45, 2.75) is 38.1 Å². The van der Waals surface area contributed by atoms with E-state index in [9.17, 15) is 49.8 Å². The Hall–Kier alpha value is -4.03. The van der Waals surface area contributed by atoms with E-state index in [1.54, 1.807) is 60.7 Å². The third-order valence-corrected chi connectivity index (χ3v) is 7.23. The van der Waals surface area contributed by atoms with Crippen LogP contribution in [0, 0.1) is 0 Å². The monoisotopic (exact) mass is 742 g/mol. The van der Waals surface area contributed by atoms with Gasteiger partial charge in [0, 0.05) is 76.7 Å². The summed E-state index contributed by atoms with van der Waals surface area (Å²) in [5, 5.41) is 62.9. The van der Waals surface area contributed by atoms with Crippen LogP contribution in [0.3, 0.4) is 0 Å². The predicted molar refractivity (Wildman–Crippen MR) is 174 cm³/mol. The smallest absolute Gasteiger partial charge is 0.478 e. The summed E-state index contributed by atoms with van der Waals surface area (Å²) in [6.45, 7) is 2.16. The maximum absolute atomic E-state index is 12.1. The quantitative estimate of drug-likeness (QED) is 0.0657. The minimum atomic E-state index is -2.29. The van der Waals surface area contributed by atoms with Crippen LogP contribution in [0.1, 0.15) is 25.0 Å². The van der Waals surface area contributed by atoms with Crippen LogP contribution in [0.2, 0.25) is 0 Å². The van der Waals surface area contributed by atoms with Crippen LogP contribution in [-0.4, -0.2) is 90.2 Å². The van der Waals surface area contributed by atoms with Gasteiger partial charge in [-0.3, -0.25) is 19.6 Å². The van der Waals surface area contributed by atoms with Gasteiger partial charge >= 0.3 is 41.5 Å². The molecule has 0 saturated carbocycles. The first-order valence-corrected chi connectivity index (χ1v) is 14.5. The first-order chi connectivity index (χ1) is 22.7. The van der Waals surface area contributed by atoms with Gasteiger partial charge in [-0.25, -0.2) is 9.59 Å². The number of nitrogens with one attached hydrogen (secondary N) is 2. The average Bonchev–Trinajstić information content (AvgIpc) is 3.07. The number of hydrogen-bond acceptors (Lipinski definition) is 12. The molecule has 2 atom stereocenters. The van der Waals surface area contributed by atoms with E-state index < -0.39 is 48.2 Å². The number of aliphatic imine (C=N–C) groups is 2. The van der Waals surface area contributed by atoms with Crippen molar-refractivity contribution < 1.29 is 96.2 Å². The molecular formula is C34H36CoN4NaO10+. The van der Waals surface area contributed by atoms with Gasteiger partial charge in [-0.05, 0) is 25.0 Å². The van der Waals surface area contributed by atoms with Gasteiger partial charge in [0.25, 0.3) is 0 Å². The average molecular weight is 743 g/mol. The summed E-state index contributed by atoms with van der Waals surface area (Å²) in [4.78, 5) is 54.9. The summed E-state index contributed by atoms with van der Waals surface area (Å²) in [5.41, 5.74) is -2.33. The van der Waals surface area contributed by atoms with Crippen LogP contribution < -0.4 is 40.2 Å². The Morgan fingerprint density at radius 1 is 0.680 bits per heavy atom. The molecule has 0 aromatic heterocycles. The molecule has 2 aromatic carbocycles. The molecule has 0 amide bonds. The molecule has 16 heteroatoms. The zero-order valence-electron chi connectivity index (χ0n) is 27.5. The van der Waals surface area contributed by atoms with Crippen molar-refractivity contribution in [2.24, 2.45) is 9.98 Å². The Kier molecular flexibility index (Phi) is 17.6. The third-order valence-electron chi connectivity index (χ3n) is 7.23. The summed E-state index contributed by atoms with van der Waals surface area (Å²) in [7, 11) is 0. The molecule has 14 nitrogen and oxygen atoms in total. The first-order valence-electron chi connectivity index (χ1n) is 14.5. The number of aliphatic carboxylic acids is 2. The fourth-order valence-corrected chi connectivity index (χ4v) is 4.40. The third kappa shape index (κ3) is 11.5. The van der Waals surface area contributed by atoms with E-state index in [1.165, 1.54) is 26.2 Å². The van der Waals surface area contributed by atoms with Gasteiger partial charge in [-0.2, -0.15) is 0 Å². The second kappa shape index (κ2) is 20.0. The van der Waals surface area contributed by atoms with Crippen molar-refractivity contribution in [1.29, 1.82) is 0 Å². The van der Waals surface area contributed by atoms with E-state index in [2.05, 4.69) is 20.6 Å². The van der Waals surface area contributed by atoms with E-state index in [0.717, 1.165) is 12.4 Å². The molecule has 0 spiro atoms. The number of ketones is 2. The normalized spacial score (nSPS) is 17.9. The van der Waals surface area contributed by atoms with Crippen LogP contribution in [-0.2, 0) is 48.8 Å². The fraction of sp³-hybridized carbons (Fsp3) is 0.235. The minimum absolute atomic E-state index is 0. The largest absolute Gasteiger partial charge is 1.00 e. The minimum Gasteiger partial charge on any atom is -0.478 e. The van der Waals surface area contributed by atoms with E-state index in [-0.39, 0.29) is 92.9 Å². The van der Waals surface area contributed by atoms with Crippen LogP contribution >= 0.6 is 0 Å². The van der Waals surface area contributed by atoms with Gasteiger partial charge in [0.2, 0.25) is 23.0 Å². The van der Waals surface area contributed by atoms with Crippen molar-refractivity contribution in [3.63, 3.8) is 0 Å². The first kappa shape index (κ1) is 44.0. The summed E-state index contributed by atoms with van der Waals surface area (Å²) in [6.07, 6.45) is 4.49. The topological polar surface area (TPSA) is 238 Å². The van der Waals surface area contributed by atoms with Crippen molar-refractivity contribution in [3.05, 3.63) is 119 Å². The van der Waals surface area contributed by atoms with Crippen LogP contribution in [0.15, 0.2) is 118 Å². The maximum atomic E-state index is 12.1. The van der Waals surface area contributed by atoms with Gasteiger partial charge in [0.15, 0.2) is 0 Å². The zero-order valence-corrected chi connectivity index (χ0v) is 30.5. The van der Waals surface area contributed by atoms with Gasteiger partial charge in [0.1, 0.15) is 0 Å². The zero-order chi connectivity index (χ0) is 35.5. The fourth-order valence-electron chi connectivity index (χ4n) is 4.40. The van der Waals surface area contributed by atoms with Gasteiger partial charge in [0.05, 0.1) is 24.6 Å². The Morgan fingerprint density at radius 2 is 1.00 bits per heavy atom. The second-order valence-electron chi connectivity index (χ2n) is 10.8. The molecule has 8 N–H and O–H groups in total. The number of benzene rings is 2. The second-order valence-corrected chi connectivity index (χ2v) is 10.8. The molecule has 2 aliphatic rings. The number of nitrogens with zero attached hydrogens (tertiary/aromatic N) is 2. The number of carboxylic acids is 2. The van der Waals surface area contributed by atoms with Crippen LogP contribution in [0.5, 0.6) is 0 Å². The van der Waals surface area contributed by atoms with Crippen molar-refractivity contribution in [2.75, 3.05) is 13.2 Å². The number of carbonyl (C=O) groups is 4. The number of carbonyl (C=O) groups excluding carboxylic acids is 2. The van der Waals surface area contributed by atoms with Crippen LogP contribution in [0.25, 0.3) is 0 Å². The molecule has 1 radical (unpaired) electrons. The Bertz CT molecular complexity index is 1610. The van der Waals surface area contributed by atoms with Crippen molar-refractivity contribution in [3.8, 4) is 0 Å². The number of hydrogen-bond donors (Lipinski definition) is 8. The number of carboxylic acid groups (broad SMARTS) is 2. The Labute approximate surface area is 320 Å². The standard InChI is InChI=1S/2C17H18N2O5.Co.Na/c2*1-11-15(21)14(13(10-20)8-18-11)9-19-17(24,16(22)23)7-12-5-3-2-4-6-12;;/h2*2-6,8-9,19-20,24H,7,10H2,1H3,(H,22,23);;/q;;;+1/b2*14-9-;;/t2*17-;;/m11../s1. The SMILES string of the molecule is CC1=NC=C(CO)/C(=C/N[C@@](O)(Cc2ccccc2)C(=O)O)C1=O.CC1=NC=C(CO)/C(=C/N[C@@](O)(Cc2ccccc2)C(=O)O)C1=O.[Co].[Na+]. The van der Waals surface area contributed by atoms with Gasteiger partial charge in [-0.15, -0.1) is 0 Å². The van der Waals surface area contributed by atoms with E-state index >= 15 is 0 Å². The molecule has 261 valence electrons. The Morgan fingerprint density at radius 3 is 1.28 bits per heavy atom. The van der Waals surface area contributed by atoms with E-state index in [0.29, 0.717) is 11.1 Å². The number of aliphatic hydroxyl groups excluding tert-OH is 2. The maximum Gasteiger partial charge on any atom is 1.00 e. The summed E-state index contributed by atoms with van der Waals surface area (Å²) in [6, 6.07) is 17.2. The molecule has 2 aliphatic heterocycles. The molecule has 0 unspecified atom stereocenters. The summed E-state index contributed by atoms with van der Waals surface area (Å²) < 4.78 is 0. The van der Waals surface area contributed by atoms with Gasteiger partial charge in [-0.1, -0.05) is 60.7 Å². The van der Waals surface area contributed by atoms with Crippen LogP contribution in [0.4, 0.5) is 0 Å². The molecule has 0 aliphatic carbocycles. The molecule has 2 aromatic rings. The Balaban J connectivity index is 0.000000481. The summed E-state index contributed by atoms with van der Waals surface area (Å²) >= 11 is 0. The predicted octanol–water partition coefficient (Wildman–Crippen LogP) is -2.21. The number of Topliss-reactive ketones (excluding diaryl/α,β-unsaturated/α-hetero) is 2. The number of aliphatic hydroxyl groups is 4. The van der Waals surface area contributed by atoms with Crippen molar-refractivity contribution >= 4 is 34.9 Å². The molecule has 50 heavy (non-hydrogen) atoms. The molecule has 0 fully saturated rings.